The van der Waals surface area contributed by atoms with E-state index in [-0.39, 0.29) is 16.0 Å². The highest BCUT2D eigenvalue weighted by Crippen LogP contribution is 2.21. The van der Waals surface area contributed by atoms with E-state index in [0.29, 0.717) is 0 Å². The van der Waals surface area contributed by atoms with Gasteiger partial charge in [-0.05, 0) is 24.6 Å². The van der Waals surface area contributed by atoms with Crippen LogP contribution in [0.25, 0.3) is 0 Å². The van der Waals surface area contributed by atoms with E-state index in [1.807, 2.05) is 0 Å². The van der Waals surface area contributed by atoms with E-state index in [9.17, 15) is 18.0 Å². The molecule has 1 rings (SSSR count). The molecule has 7 heteroatoms. The van der Waals surface area contributed by atoms with Crippen molar-refractivity contribution in [3.05, 3.63) is 29.3 Å². The Labute approximate surface area is 111 Å². The number of carboxylic acid groups (broad SMARTS) is 1. The summed E-state index contributed by atoms with van der Waals surface area (Å²) < 4.78 is 24.3. The van der Waals surface area contributed by atoms with Gasteiger partial charge in [0.1, 0.15) is 0 Å². The first-order valence-electron chi connectivity index (χ1n) is 5.51. The zero-order valence-corrected chi connectivity index (χ0v) is 11.4. The summed E-state index contributed by atoms with van der Waals surface area (Å²) in [6.07, 6.45) is 0. The highest BCUT2D eigenvalue weighted by Gasteiger charge is 2.25. The minimum atomic E-state index is -3.76. The van der Waals surface area contributed by atoms with Crippen LogP contribution in [0, 0.1) is 12.8 Å². The summed E-state index contributed by atoms with van der Waals surface area (Å²) in [7, 11) is -3.76. The van der Waals surface area contributed by atoms with Gasteiger partial charge in [-0.3, -0.25) is 4.79 Å². The minimum Gasteiger partial charge on any atom is -0.478 e. The molecule has 0 radical (unpaired) electrons. The maximum Gasteiger partial charge on any atom is 0.335 e. The van der Waals surface area contributed by atoms with Crippen molar-refractivity contribution in [3.63, 3.8) is 0 Å². The summed E-state index contributed by atoms with van der Waals surface area (Å²) in [4.78, 5) is 21.8. The van der Waals surface area contributed by atoms with E-state index >= 15 is 0 Å². The Morgan fingerprint density at radius 1 is 1.37 bits per heavy atom. The Kier molecular flexibility index (Phi) is 4.31. The molecule has 0 aromatic heterocycles. The lowest BCUT2D eigenvalue weighted by atomic mass is 10.1. The monoisotopic (exact) mass is 285 g/mol. The van der Waals surface area contributed by atoms with Crippen LogP contribution in [0.15, 0.2) is 23.1 Å². The van der Waals surface area contributed by atoms with Gasteiger partial charge in [-0.15, -0.1) is 0 Å². The second kappa shape index (κ2) is 5.40. The quantitative estimate of drug-likeness (QED) is 0.821. The fourth-order valence-corrected chi connectivity index (χ4v) is 3.55. The topological polar surface area (TPSA) is 115 Å². The van der Waals surface area contributed by atoms with Crippen molar-refractivity contribution in [1.29, 1.82) is 0 Å². The molecule has 0 aliphatic heterocycles. The van der Waals surface area contributed by atoms with Gasteiger partial charge >= 0.3 is 5.97 Å². The van der Waals surface area contributed by atoms with Crippen molar-refractivity contribution in [2.24, 2.45) is 11.7 Å². The summed E-state index contributed by atoms with van der Waals surface area (Å²) in [6.45, 7) is 2.83. The lowest BCUT2D eigenvalue weighted by Crippen LogP contribution is -2.27. The van der Waals surface area contributed by atoms with Crippen LogP contribution in [0.5, 0.6) is 0 Å². The first-order chi connectivity index (χ1) is 8.66. The highest BCUT2D eigenvalue weighted by atomic mass is 32.2. The summed E-state index contributed by atoms with van der Waals surface area (Å²) >= 11 is 0. The number of benzene rings is 1. The molecule has 0 aliphatic carbocycles. The largest absolute Gasteiger partial charge is 0.478 e. The van der Waals surface area contributed by atoms with Gasteiger partial charge in [0, 0.05) is 5.92 Å². The Morgan fingerprint density at radius 2 is 1.95 bits per heavy atom. The third-order valence-corrected chi connectivity index (χ3v) is 4.86. The maximum absolute atomic E-state index is 12.1. The molecule has 104 valence electrons. The SMILES string of the molecule is Cc1c(C(=O)O)cccc1S(=O)(=O)CC(C)C(N)=O. The molecule has 0 spiro atoms. The van der Waals surface area contributed by atoms with Gasteiger partial charge in [-0.1, -0.05) is 13.0 Å². The molecule has 1 aromatic rings. The normalized spacial score (nSPS) is 12.9. The average Bonchev–Trinajstić information content (AvgIpc) is 2.27. The van der Waals surface area contributed by atoms with Crippen molar-refractivity contribution in [3.8, 4) is 0 Å². The van der Waals surface area contributed by atoms with Crippen molar-refractivity contribution >= 4 is 21.7 Å². The fourth-order valence-electron chi connectivity index (χ4n) is 1.68. The summed E-state index contributed by atoms with van der Waals surface area (Å²) in [5, 5.41) is 8.96. The van der Waals surface area contributed by atoms with E-state index in [2.05, 4.69) is 0 Å². The number of hydrogen-bond acceptors (Lipinski definition) is 4. The molecule has 0 bridgehead atoms. The Hall–Kier alpha value is -1.89. The van der Waals surface area contributed by atoms with Gasteiger partial charge in [0.2, 0.25) is 5.91 Å². The summed E-state index contributed by atoms with van der Waals surface area (Å²) in [5.41, 5.74) is 5.12. The standard InChI is InChI=1S/C12H15NO5S/c1-7(11(13)14)6-19(17,18)10-5-3-4-9(8(10)2)12(15)16/h3-5,7H,6H2,1-2H3,(H2,13,14)(H,15,16). The first-order valence-corrected chi connectivity index (χ1v) is 7.17. The number of aromatic carboxylic acids is 1. The van der Waals surface area contributed by atoms with Crippen molar-refractivity contribution in [2.75, 3.05) is 5.75 Å². The number of nitrogens with two attached hydrogens (primary N) is 1. The fraction of sp³-hybridized carbons (Fsp3) is 0.333. The molecule has 1 unspecified atom stereocenters. The molecule has 0 saturated heterocycles. The Bertz CT molecular complexity index is 621. The van der Waals surface area contributed by atoms with Crippen molar-refractivity contribution in [2.45, 2.75) is 18.7 Å². The number of amides is 1. The van der Waals surface area contributed by atoms with E-state index in [4.69, 9.17) is 10.8 Å². The molecule has 0 heterocycles. The van der Waals surface area contributed by atoms with E-state index < -0.39 is 33.4 Å². The van der Waals surface area contributed by atoms with E-state index in [0.717, 1.165) is 0 Å². The first kappa shape index (κ1) is 15.2. The number of primary amides is 1. The maximum atomic E-state index is 12.1. The molecule has 0 saturated carbocycles. The summed E-state index contributed by atoms with van der Waals surface area (Å²) in [6, 6.07) is 4.01. The third kappa shape index (κ3) is 3.31. The molecule has 19 heavy (non-hydrogen) atoms. The van der Waals surface area contributed by atoms with Gasteiger partial charge in [0.25, 0.3) is 0 Å². The minimum absolute atomic E-state index is 0.0761. The van der Waals surface area contributed by atoms with Crippen molar-refractivity contribution in [1.82, 2.24) is 0 Å². The molecule has 1 amide bonds. The van der Waals surface area contributed by atoms with Crippen LogP contribution in [-0.2, 0) is 14.6 Å². The van der Waals surface area contributed by atoms with Crippen LogP contribution in [0.3, 0.4) is 0 Å². The Balaban J connectivity index is 3.26. The molecule has 1 atom stereocenters. The number of carbonyl (C=O) groups is 2. The van der Waals surface area contributed by atoms with Gasteiger partial charge in [0.05, 0.1) is 16.2 Å². The molecular formula is C12H15NO5S. The lowest BCUT2D eigenvalue weighted by Gasteiger charge is -2.12. The predicted octanol–water partition coefficient (Wildman–Crippen LogP) is 0.588. The second-order valence-corrected chi connectivity index (χ2v) is 6.32. The molecule has 0 fully saturated rings. The van der Waals surface area contributed by atoms with Crippen molar-refractivity contribution < 1.29 is 23.1 Å². The molecule has 0 aliphatic rings. The molecule has 1 aromatic carbocycles. The number of carbonyl (C=O) groups excluding carboxylic acids is 1. The average molecular weight is 285 g/mol. The summed E-state index contributed by atoms with van der Waals surface area (Å²) in [5.74, 6) is -3.18. The highest BCUT2D eigenvalue weighted by molar-refractivity contribution is 7.91. The number of rotatable bonds is 5. The molecule has 3 N–H and O–H groups in total. The number of carboxylic acids is 1. The van der Waals surface area contributed by atoms with Gasteiger partial charge in [-0.25, -0.2) is 13.2 Å². The smallest absolute Gasteiger partial charge is 0.335 e. The van der Waals surface area contributed by atoms with Crippen LogP contribution >= 0.6 is 0 Å². The van der Waals surface area contributed by atoms with Gasteiger partial charge < -0.3 is 10.8 Å². The number of sulfone groups is 1. The van der Waals surface area contributed by atoms with E-state index in [1.165, 1.54) is 32.0 Å². The van der Waals surface area contributed by atoms with Gasteiger partial charge in [-0.2, -0.15) is 0 Å². The Morgan fingerprint density at radius 3 is 2.42 bits per heavy atom. The van der Waals surface area contributed by atoms with Crippen LogP contribution in [0.4, 0.5) is 0 Å². The van der Waals surface area contributed by atoms with Gasteiger partial charge in [0.15, 0.2) is 9.84 Å². The third-order valence-electron chi connectivity index (χ3n) is 2.80. The van der Waals surface area contributed by atoms with Crippen LogP contribution in [-0.4, -0.2) is 31.2 Å². The van der Waals surface area contributed by atoms with E-state index in [1.54, 1.807) is 0 Å². The molecule has 6 nitrogen and oxygen atoms in total. The van der Waals surface area contributed by atoms with Crippen LogP contribution < -0.4 is 5.73 Å². The predicted molar refractivity (Wildman–Crippen MR) is 68.5 cm³/mol. The van der Waals surface area contributed by atoms with Crippen LogP contribution in [0.1, 0.15) is 22.8 Å². The molecular weight excluding hydrogens is 270 g/mol. The number of hydrogen-bond donors (Lipinski definition) is 2. The zero-order valence-electron chi connectivity index (χ0n) is 10.6. The zero-order chi connectivity index (χ0) is 14.8. The lowest BCUT2D eigenvalue weighted by molar-refractivity contribution is -0.120. The second-order valence-electron chi connectivity index (χ2n) is 4.32. The van der Waals surface area contributed by atoms with Crippen LogP contribution in [0.2, 0.25) is 0 Å².